The number of hydrazine groups is 1. The molecule has 3 nitrogen and oxygen atoms in total. The summed E-state index contributed by atoms with van der Waals surface area (Å²) >= 11 is 5.74. The number of anilines is 1. The average Bonchev–Trinajstić information content (AvgIpc) is 2.33. The highest BCUT2D eigenvalue weighted by molar-refractivity contribution is 6.31. The number of nitrogen functional groups attached to an aromatic ring is 1. The lowest BCUT2D eigenvalue weighted by Gasteiger charge is -2.14. The molecule has 0 amide bonds. The fraction of sp³-hybridized carbons (Fsp3) is 0.250. The number of nitrogens with one attached hydrogen (secondary N) is 1. The molecule has 17 heavy (non-hydrogen) atoms. The number of nitrogens with zero attached hydrogens (tertiary/aromatic N) is 1. The Bertz CT molecular complexity index is 584. The molecule has 0 bridgehead atoms. The zero-order chi connectivity index (χ0) is 12.6. The number of rotatable bonds is 2. The maximum atomic E-state index is 13.9. The van der Waals surface area contributed by atoms with Crippen molar-refractivity contribution in [1.82, 2.24) is 4.98 Å². The molecule has 0 aliphatic rings. The molecular weight excluding hydrogens is 241 g/mol. The quantitative estimate of drug-likeness (QED) is 0.638. The molecule has 90 valence electrons. The minimum absolute atomic E-state index is 0.0663. The van der Waals surface area contributed by atoms with Crippen molar-refractivity contribution in [2.75, 3.05) is 5.43 Å². The van der Waals surface area contributed by atoms with Crippen molar-refractivity contribution in [2.45, 2.75) is 20.3 Å². The van der Waals surface area contributed by atoms with Gasteiger partial charge in [-0.3, -0.25) is 5.84 Å². The van der Waals surface area contributed by atoms with Gasteiger partial charge in [-0.05, 0) is 31.0 Å². The van der Waals surface area contributed by atoms with Crippen LogP contribution in [0.2, 0.25) is 5.02 Å². The second-order valence-corrected chi connectivity index (χ2v) is 4.21. The van der Waals surface area contributed by atoms with E-state index >= 15 is 0 Å². The third-order valence-electron chi connectivity index (χ3n) is 2.85. The van der Waals surface area contributed by atoms with Crippen molar-refractivity contribution in [3.63, 3.8) is 0 Å². The molecular formula is C12H13ClFN3. The Morgan fingerprint density at radius 1 is 1.47 bits per heavy atom. The Morgan fingerprint density at radius 2 is 2.18 bits per heavy atom. The Morgan fingerprint density at radius 3 is 2.76 bits per heavy atom. The largest absolute Gasteiger partial charge is 0.323 e. The number of hydrogen-bond donors (Lipinski definition) is 2. The minimum atomic E-state index is -0.508. The van der Waals surface area contributed by atoms with Crippen LogP contribution in [-0.2, 0) is 6.42 Å². The predicted octanol–water partition coefficient (Wildman–Crippen LogP) is 3.18. The smallest absolute Gasteiger partial charge is 0.168 e. The minimum Gasteiger partial charge on any atom is -0.323 e. The number of aryl methyl sites for hydroxylation is 1. The third kappa shape index (κ3) is 1.83. The van der Waals surface area contributed by atoms with Crippen LogP contribution in [-0.4, -0.2) is 4.98 Å². The maximum Gasteiger partial charge on any atom is 0.168 e. The van der Waals surface area contributed by atoms with Crippen molar-refractivity contribution in [3.05, 3.63) is 34.2 Å². The highest BCUT2D eigenvalue weighted by Crippen LogP contribution is 2.32. The number of fused-ring (bicyclic) bond motifs is 1. The van der Waals surface area contributed by atoms with Gasteiger partial charge < -0.3 is 5.43 Å². The first-order valence-corrected chi connectivity index (χ1v) is 5.71. The normalized spacial score (nSPS) is 10.9. The van der Waals surface area contributed by atoms with Gasteiger partial charge in [-0.1, -0.05) is 18.5 Å². The Kier molecular flexibility index (Phi) is 3.17. The molecule has 2 aromatic rings. The van der Waals surface area contributed by atoms with Crippen molar-refractivity contribution < 1.29 is 4.39 Å². The van der Waals surface area contributed by atoms with Crippen LogP contribution in [0.5, 0.6) is 0 Å². The summed E-state index contributed by atoms with van der Waals surface area (Å²) in [7, 11) is 0. The average molecular weight is 254 g/mol. The van der Waals surface area contributed by atoms with Crippen LogP contribution in [0.1, 0.15) is 18.2 Å². The number of benzene rings is 1. The zero-order valence-corrected chi connectivity index (χ0v) is 10.4. The molecule has 2 rings (SSSR count). The van der Waals surface area contributed by atoms with Crippen molar-refractivity contribution in [2.24, 2.45) is 5.84 Å². The predicted molar refractivity (Wildman–Crippen MR) is 68.6 cm³/mol. The molecule has 0 radical (unpaired) electrons. The molecule has 0 saturated carbocycles. The van der Waals surface area contributed by atoms with Crippen molar-refractivity contribution in [1.29, 1.82) is 0 Å². The summed E-state index contributed by atoms with van der Waals surface area (Å²) in [6.07, 6.45) is 0.776. The van der Waals surface area contributed by atoms with E-state index in [0.29, 0.717) is 11.1 Å². The topological polar surface area (TPSA) is 50.9 Å². The van der Waals surface area contributed by atoms with E-state index < -0.39 is 5.82 Å². The van der Waals surface area contributed by atoms with Crippen LogP contribution in [0, 0.1) is 12.7 Å². The van der Waals surface area contributed by atoms with Crippen molar-refractivity contribution in [3.8, 4) is 0 Å². The lowest BCUT2D eigenvalue weighted by molar-refractivity contribution is 0.637. The van der Waals surface area contributed by atoms with Gasteiger partial charge in [0.2, 0.25) is 0 Å². The van der Waals surface area contributed by atoms with E-state index in [1.165, 1.54) is 6.07 Å². The maximum absolute atomic E-state index is 13.9. The summed E-state index contributed by atoms with van der Waals surface area (Å²) in [5.74, 6) is 5.01. The molecule has 0 unspecified atom stereocenters. The molecule has 3 N–H and O–H groups in total. The SMILES string of the molecule is CCc1c(C)nc2c(F)c(Cl)ccc2c1NN. The Labute approximate surface area is 104 Å². The molecule has 1 heterocycles. The number of halogens is 2. The number of hydrogen-bond acceptors (Lipinski definition) is 3. The van der Waals surface area contributed by atoms with Crippen molar-refractivity contribution >= 4 is 28.2 Å². The van der Waals surface area contributed by atoms with Crippen LogP contribution >= 0.6 is 11.6 Å². The Balaban J connectivity index is 2.92. The number of aromatic nitrogens is 1. The van der Waals surface area contributed by atoms with Gasteiger partial charge in [0.15, 0.2) is 5.82 Å². The standard InChI is InChI=1S/C12H13ClFN3/c1-3-7-6(2)16-12-8(11(7)17-15)4-5-9(13)10(12)14/h4-5H,3,15H2,1-2H3,(H,16,17). The van der Waals surface area contributed by atoms with Crippen LogP contribution in [0.15, 0.2) is 12.1 Å². The first kappa shape index (κ1) is 12.1. The highest BCUT2D eigenvalue weighted by Gasteiger charge is 2.14. The van der Waals surface area contributed by atoms with Gasteiger partial charge in [-0.15, -0.1) is 0 Å². The summed E-state index contributed by atoms with van der Waals surface area (Å²) in [4.78, 5) is 4.26. The lowest BCUT2D eigenvalue weighted by Crippen LogP contribution is -2.12. The summed E-state index contributed by atoms with van der Waals surface area (Å²) in [5, 5.41) is 0.716. The zero-order valence-electron chi connectivity index (χ0n) is 9.64. The molecule has 0 spiro atoms. The van der Waals surface area contributed by atoms with Crippen LogP contribution in [0.3, 0.4) is 0 Å². The molecule has 1 aromatic heterocycles. The number of nitrogens with two attached hydrogens (primary N) is 1. The number of pyridine rings is 1. The van der Waals surface area contributed by atoms with Gasteiger partial charge in [0, 0.05) is 11.1 Å². The van der Waals surface area contributed by atoms with Crippen LogP contribution in [0.4, 0.5) is 10.1 Å². The molecule has 5 heteroatoms. The van der Waals surface area contributed by atoms with Gasteiger partial charge in [-0.2, -0.15) is 0 Å². The molecule has 0 fully saturated rings. The van der Waals surface area contributed by atoms with E-state index in [1.54, 1.807) is 6.07 Å². The van der Waals surface area contributed by atoms with E-state index in [1.807, 2.05) is 13.8 Å². The van der Waals surface area contributed by atoms with E-state index in [9.17, 15) is 4.39 Å². The lowest BCUT2D eigenvalue weighted by atomic mass is 10.0. The van der Waals surface area contributed by atoms with Gasteiger partial charge in [-0.25, -0.2) is 9.37 Å². The monoisotopic (exact) mass is 253 g/mol. The summed E-state index contributed by atoms with van der Waals surface area (Å²) in [6.45, 7) is 3.84. The van der Waals surface area contributed by atoms with Crippen LogP contribution < -0.4 is 11.3 Å². The molecule has 0 aliphatic heterocycles. The summed E-state index contributed by atoms with van der Waals surface area (Å²) in [6, 6.07) is 3.23. The Hall–Kier alpha value is -1.39. The molecule has 0 aliphatic carbocycles. The van der Waals surface area contributed by atoms with Gasteiger partial charge in [0.25, 0.3) is 0 Å². The van der Waals surface area contributed by atoms with E-state index in [-0.39, 0.29) is 10.5 Å². The fourth-order valence-corrected chi connectivity index (χ4v) is 2.18. The molecule has 0 saturated heterocycles. The first-order chi connectivity index (χ1) is 8.10. The van der Waals surface area contributed by atoms with E-state index in [0.717, 1.165) is 17.7 Å². The first-order valence-electron chi connectivity index (χ1n) is 5.34. The third-order valence-corrected chi connectivity index (χ3v) is 3.15. The molecule has 1 aromatic carbocycles. The second kappa shape index (κ2) is 4.47. The van der Waals surface area contributed by atoms with Crippen LogP contribution in [0.25, 0.3) is 10.9 Å². The highest BCUT2D eigenvalue weighted by atomic mass is 35.5. The van der Waals surface area contributed by atoms with Gasteiger partial charge in [0.05, 0.1) is 10.7 Å². The second-order valence-electron chi connectivity index (χ2n) is 3.81. The molecule has 0 atom stereocenters. The van der Waals surface area contributed by atoms with E-state index in [2.05, 4.69) is 10.4 Å². The van der Waals surface area contributed by atoms with Gasteiger partial charge in [0.1, 0.15) is 5.52 Å². The van der Waals surface area contributed by atoms with Gasteiger partial charge >= 0.3 is 0 Å². The van der Waals surface area contributed by atoms with E-state index in [4.69, 9.17) is 17.4 Å². The summed E-state index contributed by atoms with van der Waals surface area (Å²) in [5.41, 5.74) is 5.34. The fourth-order valence-electron chi connectivity index (χ4n) is 2.03. The summed E-state index contributed by atoms with van der Waals surface area (Å²) < 4.78 is 13.9.